The molecule has 4 nitrogen and oxygen atoms in total. The minimum Gasteiger partial charge on any atom is -0.326 e. The van der Waals surface area contributed by atoms with Gasteiger partial charge in [0.15, 0.2) is 0 Å². The lowest BCUT2D eigenvalue weighted by atomic mass is 10.1. The third kappa shape index (κ3) is 5.21. The Morgan fingerprint density at radius 2 is 1.72 bits per heavy atom. The number of nitrogens with one attached hydrogen (secondary N) is 1. The second-order valence-corrected chi connectivity index (χ2v) is 6.68. The number of benzene rings is 2. The number of carbonyl (C=O) groups excluding carboxylic acids is 2. The number of carbonyl (C=O) groups is 2. The summed E-state index contributed by atoms with van der Waals surface area (Å²) in [5.41, 5.74) is 3.64. The van der Waals surface area contributed by atoms with E-state index in [4.69, 9.17) is 23.2 Å². The molecule has 0 heterocycles. The Morgan fingerprint density at radius 1 is 1.00 bits per heavy atom. The lowest BCUT2D eigenvalue weighted by molar-refractivity contribution is -0.117. The van der Waals surface area contributed by atoms with Crippen molar-refractivity contribution in [1.29, 1.82) is 0 Å². The topological polar surface area (TPSA) is 49.4 Å². The fourth-order valence-electron chi connectivity index (χ4n) is 2.38. The highest BCUT2D eigenvalue weighted by molar-refractivity contribution is 6.42. The van der Waals surface area contributed by atoms with Gasteiger partial charge in [-0.1, -0.05) is 29.3 Å². The Bertz CT molecular complexity index is 806. The molecule has 2 aromatic rings. The van der Waals surface area contributed by atoms with E-state index in [1.54, 1.807) is 18.2 Å². The number of hydrogen-bond donors (Lipinski definition) is 1. The number of rotatable bonds is 5. The van der Waals surface area contributed by atoms with Crippen LogP contribution in [0, 0.1) is 13.8 Å². The highest BCUT2D eigenvalue weighted by Crippen LogP contribution is 2.27. The molecule has 0 spiro atoms. The van der Waals surface area contributed by atoms with Crippen LogP contribution >= 0.6 is 23.2 Å². The molecule has 132 valence electrons. The van der Waals surface area contributed by atoms with Gasteiger partial charge in [0, 0.05) is 31.3 Å². The average molecular weight is 379 g/mol. The Labute approximate surface area is 157 Å². The predicted molar refractivity (Wildman–Crippen MR) is 104 cm³/mol. The molecule has 0 aliphatic heterocycles. The van der Waals surface area contributed by atoms with E-state index >= 15 is 0 Å². The van der Waals surface area contributed by atoms with E-state index < -0.39 is 0 Å². The zero-order valence-corrected chi connectivity index (χ0v) is 15.9. The van der Waals surface area contributed by atoms with E-state index in [-0.39, 0.29) is 24.8 Å². The molecule has 0 aliphatic carbocycles. The van der Waals surface area contributed by atoms with Gasteiger partial charge in [-0.15, -0.1) is 0 Å². The fourth-order valence-corrected chi connectivity index (χ4v) is 2.67. The highest BCUT2D eigenvalue weighted by Gasteiger charge is 2.15. The van der Waals surface area contributed by atoms with Gasteiger partial charge in [-0.25, -0.2) is 0 Å². The molecular formula is C19H20Cl2N2O2. The summed E-state index contributed by atoms with van der Waals surface area (Å²) in [5.74, 6) is -0.327. The van der Waals surface area contributed by atoms with Crippen molar-refractivity contribution in [2.24, 2.45) is 0 Å². The fraction of sp³-hybridized carbons (Fsp3) is 0.263. The summed E-state index contributed by atoms with van der Waals surface area (Å²) in [6.45, 7) is 5.71. The van der Waals surface area contributed by atoms with Gasteiger partial charge in [0.2, 0.25) is 11.8 Å². The molecule has 0 atom stereocenters. The molecule has 0 aliphatic rings. The molecule has 0 unspecified atom stereocenters. The monoisotopic (exact) mass is 378 g/mol. The van der Waals surface area contributed by atoms with Gasteiger partial charge in [0.25, 0.3) is 0 Å². The second-order valence-electron chi connectivity index (χ2n) is 5.87. The smallest absolute Gasteiger partial charge is 0.226 e. The van der Waals surface area contributed by atoms with Gasteiger partial charge in [-0.05, 0) is 55.3 Å². The average Bonchev–Trinajstić information content (AvgIpc) is 2.54. The first kappa shape index (κ1) is 19.3. The molecule has 0 bridgehead atoms. The number of nitrogens with zero attached hydrogens (tertiary/aromatic N) is 1. The minimum atomic E-state index is -0.169. The first-order valence-electron chi connectivity index (χ1n) is 7.88. The van der Waals surface area contributed by atoms with E-state index in [1.165, 1.54) is 17.4 Å². The van der Waals surface area contributed by atoms with Crippen LogP contribution in [0.1, 0.15) is 24.5 Å². The number of anilines is 2. The van der Waals surface area contributed by atoms with Crippen LogP contribution < -0.4 is 10.2 Å². The van der Waals surface area contributed by atoms with Gasteiger partial charge in [0.1, 0.15) is 0 Å². The van der Waals surface area contributed by atoms with Crippen molar-refractivity contribution >= 4 is 46.4 Å². The van der Waals surface area contributed by atoms with Crippen molar-refractivity contribution in [2.45, 2.75) is 27.2 Å². The van der Waals surface area contributed by atoms with Gasteiger partial charge in [-0.3, -0.25) is 9.59 Å². The Kier molecular flexibility index (Phi) is 6.45. The quantitative estimate of drug-likeness (QED) is 0.796. The van der Waals surface area contributed by atoms with E-state index in [2.05, 4.69) is 5.32 Å². The lowest BCUT2D eigenvalue weighted by Crippen LogP contribution is -2.31. The Hall–Kier alpha value is -2.04. The largest absolute Gasteiger partial charge is 0.326 e. The molecule has 0 radical (unpaired) electrons. The SMILES string of the molecule is CC(=O)N(CCC(=O)Nc1ccc(C)c(C)c1)c1ccc(Cl)c(Cl)c1. The molecule has 0 saturated heterocycles. The van der Waals surface area contributed by atoms with Crippen LogP contribution in [0.4, 0.5) is 11.4 Å². The minimum absolute atomic E-state index is 0.158. The summed E-state index contributed by atoms with van der Waals surface area (Å²) >= 11 is 11.9. The third-order valence-corrected chi connectivity index (χ3v) is 4.69. The Morgan fingerprint density at radius 3 is 2.32 bits per heavy atom. The van der Waals surface area contributed by atoms with Crippen molar-refractivity contribution in [3.8, 4) is 0 Å². The summed E-state index contributed by atoms with van der Waals surface area (Å²) in [4.78, 5) is 25.6. The van der Waals surface area contributed by atoms with Gasteiger partial charge in [-0.2, -0.15) is 0 Å². The van der Waals surface area contributed by atoms with E-state index in [1.807, 2.05) is 32.0 Å². The number of aryl methyl sites for hydroxylation is 2. The van der Waals surface area contributed by atoms with Gasteiger partial charge in [0.05, 0.1) is 10.0 Å². The van der Waals surface area contributed by atoms with Gasteiger partial charge >= 0.3 is 0 Å². The molecule has 0 fully saturated rings. The van der Waals surface area contributed by atoms with Crippen LogP contribution in [0.5, 0.6) is 0 Å². The zero-order valence-electron chi connectivity index (χ0n) is 14.4. The normalized spacial score (nSPS) is 10.4. The maximum Gasteiger partial charge on any atom is 0.226 e. The number of hydrogen-bond acceptors (Lipinski definition) is 2. The molecular weight excluding hydrogens is 359 g/mol. The van der Waals surface area contributed by atoms with Crippen molar-refractivity contribution in [3.05, 3.63) is 57.6 Å². The Balaban J connectivity index is 2.02. The first-order valence-corrected chi connectivity index (χ1v) is 8.64. The second kappa shape index (κ2) is 8.37. The maximum absolute atomic E-state index is 12.2. The van der Waals surface area contributed by atoms with Crippen molar-refractivity contribution < 1.29 is 9.59 Å². The van der Waals surface area contributed by atoms with Crippen LogP contribution in [0.2, 0.25) is 10.0 Å². The predicted octanol–water partition coefficient (Wildman–Crippen LogP) is 4.99. The molecule has 0 aromatic heterocycles. The number of halogens is 2. The summed E-state index contributed by atoms with van der Waals surface area (Å²) in [7, 11) is 0. The summed E-state index contributed by atoms with van der Waals surface area (Å²) < 4.78 is 0. The van der Waals surface area contributed by atoms with Crippen LogP contribution in [0.25, 0.3) is 0 Å². The molecule has 2 amide bonds. The number of amides is 2. The van der Waals surface area contributed by atoms with E-state index in [0.29, 0.717) is 15.7 Å². The van der Waals surface area contributed by atoms with Crippen molar-refractivity contribution in [1.82, 2.24) is 0 Å². The summed E-state index contributed by atoms with van der Waals surface area (Å²) in [6, 6.07) is 10.7. The summed E-state index contributed by atoms with van der Waals surface area (Å²) in [6.07, 6.45) is 0.173. The van der Waals surface area contributed by atoms with Crippen molar-refractivity contribution in [3.63, 3.8) is 0 Å². The maximum atomic E-state index is 12.2. The highest BCUT2D eigenvalue weighted by atomic mass is 35.5. The summed E-state index contributed by atoms with van der Waals surface area (Å²) in [5, 5.41) is 3.64. The zero-order chi connectivity index (χ0) is 18.6. The first-order chi connectivity index (χ1) is 11.8. The molecule has 1 N–H and O–H groups in total. The van der Waals surface area contributed by atoms with E-state index in [9.17, 15) is 9.59 Å². The third-order valence-electron chi connectivity index (χ3n) is 3.95. The van der Waals surface area contributed by atoms with E-state index in [0.717, 1.165) is 11.3 Å². The van der Waals surface area contributed by atoms with Crippen molar-refractivity contribution in [2.75, 3.05) is 16.8 Å². The standard InChI is InChI=1S/C19H20Cl2N2O2/c1-12-4-5-15(10-13(12)2)22-19(25)8-9-23(14(3)24)16-6-7-17(20)18(21)11-16/h4-7,10-11H,8-9H2,1-3H3,(H,22,25). The van der Waals surface area contributed by atoms with Crippen LogP contribution in [0.15, 0.2) is 36.4 Å². The lowest BCUT2D eigenvalue weighted by Gasteiger charge is -2.21. The molecule has 0 saturated carbocycles. The van der Waals surface area contributed by atoms with Crippen LogP contribution in [-0.4, -0.2) is 18.4 Å². The van der Waals surface area contributed by atoms with Crippen LogP contribution in [-0.2, 0) is 9.59 Å². The molecule has 25 heavy (non-hydrogen) atoms. The molecule has 2 rings (SSSR count). The van der Waals surface area contributed by atoms with Gasteiger partial charge < -0.3 is 10.2 Å². The molecule has 2 aromatic carbocycles. The van der Waals surface area contributed by atoms with Crippen LogP contribution in [0.3, 0.4) is 0 Å². The molecule has 6 heteroatoms.